The summed E-state index contributed by atoms with van der Waals surface area (Å²) in [5.41, 5.74) is 1.71. The van der Waals surface area contributed by atoms with Crippen LogP contribution in [-0.2, 0) is 4.79 Å². The van der Waals surface area contributed by atoms with Gasteiger partial charge < -0.3 is 10.6 Å². The van der Waals surface area contributed by atoms with E-state index < -0.39 is 6.04 Å². The number of hydrogen-bond acceptors (Lipinski definition) is 2. The van der Waals surface area contributed by atoms with Crippen LogP contribution in [0.1, 0.15) is 36.4 Å². The lowest BCUT2D eigenvalue weighted by Crippen LogP contribution is -2.35. The van der Waals surface area contributed by atoms with Gasteiger partial charge in [0.15, 0.2) is 0 Å². The monoisotopic (exact) mass is 356 g/mol. The molecule has 2 aromatic carbocycles. The predicted molar refractivity (Wildman–Crippen MR) is 95.4 cm³/mol. The molecule has 1 unspecified atom stereocenters. The minimum absolute atomic E-state index is 0.0329. The first-order chi connectivity index (χ1) is 12.6. The highest BCUT2D eigenvalue weighted by molar-refractivity contribution is 5.83. The molecule has 1 saturated carbocycles. The molecule has 1 spiro atoms. The van der Waals surface area contributed by atoms with Gasteiger partial charge in [0.25, 0.3) is 0 Å². The standard InChI is InChI=1S/C21H22F2N2O/c22-16-5-1-14(2-6-16)19(15-3-7-17(23)8-4-15)25-20(26)18-13-21(18)9-11-24-12-10-21/h1-8,18-19,24H,9-13H2,(H,25,26). The van der Waals surface area contributed by atoms with Crippen LogP contribution in [-0.4, -0.2) is 19.0 Å². The summed E-state index contributed by atoms with van der Waals surface area (Å²) >= 11 is 0. The molecule has 3 nitrogen and oxygen atoms in total. The first-order valence-electron chi connectivity index (χ1n) is 9.09. The lowest BCUT2D eigenvalue weighted by Gasteiger charge is -2.25. The summed E-state index contributed by atoms with van der Waals surface area (Å²) in [4.78, 5) is 12.9. The Balaban J connectivity index is 1.56. The third-order valence-corrected chi connectivity index (χ3v) is 5.80. The molecule has 2 N–H and O–H groups in total. The van der Waals surface area contributed by atoms with Gasteiger partial charge in [-0.1, -0.05) is 24.3 Å². The van der Waals surface area contributed by atoms with Crippen molar-refractivity contribution in [3.8, 4) is 0 Å². The Morgan fingerprint density at radius 1 is 0.962 bits per heavy atom. The highest BCUT2D eigenvalue weighted by Gasteiger charge is 2.57. The minimum Gasteiger partial charge on any atom is -0.345 e. The Kier molecular flexibility index (Phi) is 4.49. The van der Waals surface area contributed by atoms with Crippen LogP contribution < -0.4 is 10.6 Å². The number of carbonyl (C=O) groups is 1. The third kappa shape index (κ3) is 3.36. The molecule has 4 rings (SSSR count). The maximum atomic E-state index is 13.3. The molecule has 136 valence electrons. The number of amides is 1. The maximum Gasteiger partial charge on any atom is 0.224 e. The van der Waals surface area contributed by atoms with Gasteiger partial charge in [-0.25, -0.2) is 8.78 Å². The first kappa shape index (κ1) is 17.2. The molecule has 2 aliphatic rings. The van der Waals surface area contributed by atoms with Crippen molar-refractivity contribution in [2.45, 2.75) is 25.3 Å². The zero-order valence-corrected chi connectivity index (χ0v) is 14.5. The molecule has 2 fully saturated rings. The fourth-order valence-electron chi connectivity index (χ4n) is 4.11. The summed E-state index contributed by atoms with van der Waals surface area (Å²) in [5.74, 6) is -0.582. The van der Waals surface area contributed by atoms with Crippen molar-refractivity contribution in [1.82, 2.24) is 10.6 Å². The number of benzene rings is 2. The number of halogens is 2. The topological polar surface area (TPSA) is 41.1 Å². The molecule has 1 amide bonds. The SMILES string of the molecule is O=C(NC(c1ccc(F)cc1)c1ccc(F)cc1)C1CC12CCNCC2. The number of piperidine rings is 1. The summed E-state index contributed by atoms with van der Waals surface area (Å²) in [7, 11) is 0. The van der Waals surface area contributed by atoms with E-state index in [2.05, 4.69) is 10.6 Å². The molecule has 1 aliphatic heterocycles. The maximum absolute atomic E-state index is 13.3. The zero-order chi connectivity index (χ0) is 18.1. The van der Waals surface area contributed by atoms with E-state index >= 15 is 0 Å². The Morgan fingerprint density at radius 2 is 1.46 bits per heavy atom. The average Bonchev–Trinajstić information content (AvgIpc) is 3.35. The van der Waals surface area contributed by atoms with Crippen molar-refractivity contribution in [3.63, 3.8) is 0 Å². The van der Waals surface area contributed by atoms with Gasteiger partial charge in [0.2, 0.25) is 5.91 Å². The first-order valence-corrected chi connectivity index (χ1v) is 9.09. The zero-order valence-electron chi connectivity index (χ0n) is 14.5. The lowest BCUT2D eigenvalue weighted by molar-refractivity contribution is -0.123. The van der Waals surface area contributed by atoms with Crippen molar-refractivity contribution >= 4 is 5.91 Å². The fourth-order valence-corrected chi connectivity index (χ4v) is 4.11. The van der Waals surface area contributed by atoms with Crippen LogP contribution in [0.3, 0.4) is 0 Å². The highest BCUT2D eigenvalue weighted by atomic mass is 19.1. The smallest absolute Gasteiger partial charge is 0.224 e. The number of rotatable bonds is 4. The minimum atomic E-state index is -0.414. The summed E-state index contributed by atoms with van der Waals surface area (Å²) in [5, 5.41) is 6.46. The van der Waals surface area contributed by atoms with Crippen LogP contribution in [0.25, 0.3) is 0 Å². The van der Waals surface area contributed by atoms with E-state index in [4.69, 9.17) is 0 Å². The van der Waals surface area contributed by atoms with Gasteiger partial charge in [0.1, 0.15) is 11.6 Å². The van der Waals surface area contributed by atoms with Crippen LogP contribution in [0.15, 0.2) is 48.5 Å². The molecule has 0 bridgehead atoms. The number of nitrogens with one attached hydrogen (secondary N) is 2. The van der Waals surface area contributed by atoms with Gasteiger partial charge in [-0.2, -0.15) is 0 Å². The van der Waals surface area contributed by atoms with Crippen molar-refractivity contribution in [2.24, 2.45) is 11.3 Å². The number of carbonyl (C=O) groups excluding carboxylic acids is 1. The second kappa shape index (κ2) is 6.80. The van der Waals surface area contributed by atoms with E-state index in [-0.39, 0.29) is 28.9 Å². The second-order valence-corrected chi connectivity index (χ2v) is 7.41. The van der Waals surface area contributed by atoms with Crippen molar-refractivity contribution in [3.05, 3.63) is 71.3 Å². The van der Waals surface area contributed by atoms with E-state index in [1.165, 1.54) is 24.3 Å². The van der Waals surface area contributed by atoms with Crippen molar-refractivity contribution < 1.29 is 13.6 Å². The molecule has 1 aliphatic carbocycles. The lowest BCUT2D eigenvalue weighted by atomic mass is 9.91. The summed E-state index contributed by atoms with van der Waals surface area (Å²) in [6, 6.07) is 11.8. The fraction of sp³-hybridized carbons (Fsp3) is 0.381. The van der Waals surface area contributed by atoms with Crippen LogP contribution >= 0.6 is 0 Å². The molecule has 1 saturated heterocycles. The van der Waals surface area contributed by atoms with Gasteiger partial charge in [0.05, 0.1) is 6.04 Å². The molecule has 0 aromatic heterocycles. The van der Waals surface area contributed by atoms with Crippen LogP contribution in [0.5, 0.6) is 0 Å². The molecular formula is C21H22F2N2O. The third-order valence-electron chi connectivity index (χ3n) is 5.80. The summed E-state index contributed by atoms with van der Waals surface area (Å²) in [6.45, 7) is 1.92. The summed E-state index contributed by atoms with van der Waals surface area (Å²) in [6.07, 6.45) is 2.99. The van der Waals surface area contributed by atoms with Crippen molar-refractivity contribution in [1.29, 1.82) is 0 Å². The molecule has 1 heterocycles. The normalized spacial score (nSPS) is 21.0. The van der Waals surface area contributed by atoms with Gasteiger partial charge in [-0.05, 0) is 73.2 Å². The second-order valence-electron chi connectivity index (χ2n) is 7.41. The molecule has 1 atom stereocenters. The molecule has 0 radical (unpaired) electrons. The summed E-state index contributed by atoms with van der Waals surface area (Å²) < 4.78 is 26.6. The Bertz CT molecular complexity index is 737. The highest BCUT2D eigenvalue weighted by Crippen LogP contribution is 2.58. The Labute approximate surface area is 151 Å². The molecule has 2 aromatic rings. The van der Waals surface area contributed by atoms with E-state index in [1.807, 2.05) is 0 Å². The van der Waals surface area contributed by atoms with E-state index in [9.17, 15) is 13.6 Å². The molecule has 26 heavy (non-hydrogen) atoms. The molecule has 5 heteroatoms. The van der Waals surface area contributed by atoms with Gasteiger partial charge in [0, 0.05) is 5.92 Å². The van der Waals surface area contributed by atoms with Gasteiger partial charge >= 0.3 is 0 Å². The van der Waals surface area contributed by atoms with Crippen LogP contribution in [0, 0.1) is 23.0 Å². The Morgan fingerprint density at radius 3 is 1.96 bits per heavy atom. The van der Waals surface area contributed by atoms with Gasteiger partial charge in [-0.15, -0.1) is 0 Å². The van der Waals surface area contributed by atoms with E-state index in [1.54, 1.807) is 24.3 Å². The number of hydrogen-bond donors (Lipinski definition) is 2. The average molecular weight is 356 g/mol. The van der Waals surface area contributed by atoms with Gasteiger partial charge in [-0.3, -0.25) is 4.79 Å². The van der Waals surface area contributed by atoms with E-state index in [0.29, 0.717) is 0 Å². The predicted octanol–water partition coefficient (Wildman–Crippen LogP) is 3.56. The quantitative estimate of drug-likeness (QED) is 0.880. The van der Waals surface area contributed by atoms with Crippen LogP contribution in [0.4, 0.5) is 8.78 Å². The molecular weight excluding hydrogens is 334 g/mol. The van der Waals surface area contributed by atoms with Crippen LogP contribution in [0.2, 0.25) is 0 Å². The van der Waals surface area contributed by atoms with Crippen molar-refractivity contribution in [2.75, 3.05) is 13.1 Å². The largest absolute Gasteiger partial charge is 0.345 e. The Hall–Kier alpha value is -2.27. The van der Waals surface area contributed by atoms with E-state index in [0.717, 1.165) is 43.5 Å².